The minimum atomic E-state index is -0.963. The number of phenolic OH excluding ortho intramolecular Hbond substituents is 1. The van der Waals surface area contributed by atoms with E-state index >= 15 is 0 Å². The second kappa shape index (κ2) is 13.7. The number of carbonyl (C=O) groups is 3. The van der Waals surface area contributed by atoms with Crippen LogP contribution in [0.3, 0.4) is 0 Å². The molecule has 5 N–H and O–H groups in total. The Hall–Kier alpha value is -3.73. The number of carbonyl (C=O) groups excluding carboxylic acids is 2. The van der Waals surface area contributed by atoms with E-state index in [-0.39, 0.29) is 23.3 Å². The van der Waals surface area contributed by atoms with Crippen LogP contribution < -0.4 is 10.6 Å². The van der Waals surface area contributed by atoms with Crippen molar-refractivity contribution in [2.75, 3.05) is 5.32 Å². The number of carboxylic acid groups (broad SMARTS) is 1. The van der Waals surface area contributed by atoms with E-state index in [0.717, 1.165) is 11.5 Å². The summed E-state index contributed by atoms with van der Waals surface area (Å²) in [6, 6.07) is 7.91. The summed E-state index contributed by atoms with van der Waals surface area (Å²) >= 11 is 1.01. The van der Waals surface area contributed by atoms with Crippen molar-refractivity contribution in [1.82, 2.24) is 19.9 Å². The molecule has 1 aliphatic carbocycles. The molecule has 1 fully saturated rings. The zero-order valence-corrected chi connectivity index (χ0v) is 19.9. The lowest BCUT2D eigenvalue weighted by Crippen LogP contribution is -2.27. The molecule has 1 saturated carbocycles. The predicted molar refractivity (Wildman–Crippen MR) is 131 cm³/mol. The van der Waals surface area contributed by atoms with Gasteiger partial charge in [0.1, 0.15) is 16.4 Å². The Morgan fingerprint density at radius 1 is 1.15 bits per heavy atom. The number of aromatic hydroxyl groups is 1. The lowest BCUT2D eigenvalue weighted by atomic mass is 10.0. The van der Waals surface area contributed by atoms with Crippen molar-refractivity contribution in [3.05, 3.63) is 47.0 Å². The molecule has 2 aromatic heterocycles. The van der Waals surface area contributed by atoms with Gasteiger partial charge in [0, 0.05) is 17.7 Å². The molecule has 2 amide bonds. The zero-order chi connectivity index (χ0) is 24.9. The lowest BCUT2D eigenvalue weighted by Gasteiger charge is -2.02. The predicted octanol–water partition coefficient (Wildman–Crippen LogP) is 4.92. The molecule has 0 unspecified atom stereocenters. The molecule has 0 bridgehead atoms. The Bertz CT molecular complexity index is 1050. The van der Waals surface area contributed by atoms with E-state index in [9.17, 15) is 19.5 Å². The number of anilines is 1. The third-order valence-corrected chi connectivity index (χ3v) is 5.41. The maximum atomic E-state index is 12.1. The number of phenols is 1. The van der Waals surface area contributed by atoms with Gasteiger partial charge in [0.05, 0.1) is 17.5 Å². The number of nitrogens with zero attached hydrogens (tertiary/aromatic N) is 2. The summed E-state index contributed by atoms with van der Waals surface area (Å²) < 4.78 is 4.17. The van der Waals surface area contributed by atoms with Gasteiger partial charge in [-0.1, -0.05) is 44.2 Å². The highest BCUT2D eigenvalue weighted by Gasteiger charge is 2.16. The van der Waals surface area contributed by atoms with Crippen LogP contribution in [0.25, 0.3) is 11.3 Å². The SMILES string of the molecule is C1CCCC1.CC(C)NC(=O)O.O=Cc1c(O)cccc1-c1cc(C(=O)Nc2ccn[nH]2)sn1. The number of benzene rings is 1. The van der Waals surface area contributed by atoms with Gasteiger partial charge in [-0.25, -0.2) is 4.79 Å². The molecule has 34 heavy (non-hydrogen) atoms. The van der Waals surface area contributed by atoms with E-state index in [1.807, 2.05) is 0 Å². The van der Waals surface area contributed by atoms with Gasteiger partial charge in [-0.2, -0.15) is 9.47 Å². The average Bonchev–Trinajstić information content (AvgIpc) is 3.57. The maximum absolute atomic E-state index is 12.1. The van der Waals surface area contributed by atoms with Gasteiger partial charge in [0.2, 0.25) is 0 Å². The van der Waals surface area contributed by atoms with E-state index < -0.39 is 6.09 Å². The van der Waals surface area contributed by atoms with Gasteiger partial charge >= 0.3 is 6.09 Å². The first-order valence-electron chi connectivity index (χ1n) is 10.9. The Balaban J connectivity index is 0.000000279. The molecule has 3 aromatic rings. The monoisotopic (exact) mass is 487 g/mol. The molecule has 1 aliphatic rings. The first kappa shape index (κ1) is 26.5. The fourth-order valence-electron chi connectivity index (χ4n) is 3.05. The second-order valence-electron chi connectivity index (χ2n) is 7.73. The number of aromatic nitrogens is 3. The quantitative estimate of drug-likeness (QED) is 0.320. The minimum Gasteiger partial charge on any atom is -0.507 e. The summed E-state index contributed by atoms with van der Waals surface area (Å²) in [5, 5.41) is 28.9. The number of hydrogen-bond donors (Lipinski definition) is 5. The first-order valence-corrected chi connectivity index (χ1v) is 11.6. The zero-order valence-electron chi connectivity index (χ0n) is 19.1. The molecule has 0 radical (unpaired) electrons. The summed E-state index contributed by atoms with van der Waals surface area (Å²) in [7, 11) is 0. The van der Waals surface area contributed by atoms with Gasteiger partial charge in [0.15, 0.2) is 6.29 Å². The molecule has 0 atom stereocenters. The van der Waals surface area contributed by atoms with Crippen molar-refractivity contribution in [1.29, 1.82) is 0 Å². The standard InChI is InChI=1S/C14H10N4O3S.C5H10.C4H9NO2/c19-7-9-8(2-1-3-11(9)20)10-6-12(22-18-10)14(21)16-13-4-5-15-17-13;1-2-4-5-3-1;1-3(2)5-4(6)7/h1-7,20H,(H2,15,16,17,21);1-5H2;3,5H,1-2H3,(H,6,7). The number of amides is 2. The maximum Gasteiger partial charge on any atom is 0.404 e. The Morgan fingerprint density at radius 2 is 1.82 bits per heavy atom. The molecule has 0 spiro atoms. The van der Waals surface area contributed by atoms with Crippen LogP contribution in [-0.2, 0) is 0 Å². The molecule has 182 valence electrons. The highest BCUT2D eigenvalue weighted by atomic mass is 32.1. The Labute approximate surface area is 201 Å². The highest BCUT2D eigenvalue weighted by Crippen LogP contribution is 2.29. The van der Waals surface area contributed by atoms with E-state index in [0.29, 0.717) is 28.2 Å². The van der Waals surface area contributed by atoms with E-state index in [1.165, 1.54) is 44.4 Å². The molecular formula is C23H29N5O5S. The van der Waals surface area contributed by atoms with Crippen molar-refractivity contribution >= 4 is 35.6 Å². The van der Waals surface area contributed by atoms with Crippen LogP contribution in [0.2, 0.25) is 0 Å². The Kier molecular flexibility index (Phi) is 10.7. The third kappa shape index (κ3) is 8.66. The topological polar surface area (TPSA) is 157 Å². The molecule has 2 heterocycles. The first-order chi connectivity index (χ1) is 16.3. The average molecular weight is 488 g/mol. The highest BCUT2D eigenvalue weighted by molar-refractivity contribution is 7.08. The molecule has 10 nitrogen and oxygen atoms in total. The van der Waals surface area contributed by atoms with Crippen molar-refractivity contribution < 1.29 is 24.6 Å². The Morgan fingerprint density at radius 3 is 2.32 bits per heavy atom. The van der Waals surface area contributed by atoms with Crippen LogP contribution in [-0.4, -0.2) is 49.1 Å². The van der Waals surface area contributed by atoms with Gasteiger partial charge in [-0.3, -0.25) is 14.7 Å². The van der Waals surface area contributed by atoms with E-state index in [2.05, 4.69) is 25.2 Å². The lowest BCUT2D eigenvalue weighted by molar-refractivity contribution is 0.102. The van der Waals surface area contributed by atoms with Crippen molar-refractivity contribution in [2.45, 2.75) is 52.0 Å². The van der Waals surface area contributed by atoms with Gasteiger partial charge < -0.3 is 20.8 Å². The summed E-state index contributed by atoms with van der Waals surface area (Å²) in [6.45, 7) is 3.54. The molecule has 0 saturated heterocycles. The fourth-order valence-corrected chi connectivity index (χ4v) is 3.70. The van der Waals surface area contributed by atoms with Crippen LogP contribution in [0.1, 0.15) is 66.0 Å². The number of aldehydes is 1. The largest absolute Gasteiger partial charge is 0.507 e. The van der Waals surface area contributed by atoms with Crippen molar-refractivity contribution in [2.24, 2.45) is 0 Å². The van der Waals surface area contributed by atoms with E-state index in [1.54, 1.807) is 38.1 Å². The van der Waals surface area contributed by atoms with Crippen molar-refractivity contribution in [3.8, 4) is 17.0 Å². The van der Waals surface area contributed by atoms with Crippen LogP contribution in [0.5, 0.6) is 5.75 Å². The van der Waals surface area contributed by atoms with Gasteiger partial charge in [-0.05, 0) is 37.5 Å². The van der Waals surface area contributed by atoms with E-state index in [4.69, 9.17) is 5.11 Å². The summed E-state index contributed by atoms with van der Waals surface area (Å²) in [5.41, 5.74) is 1.08. The molecule has 11 heteroatoms. The number of rotatable bonds is 5. The number of nitrogens with one attached hydrogen (secondary N) is 3. The summed E-state index contributed by atoms with van der Waals surface area (Å²) in [5.74, 6) is 0.0238. The summed E-state index contributed by atoms with van der Waals surface area (Å²) in [4.78, 5) is 33.2. The smallest absolute Gasteiger partial charge is 0.404 e. The molecule has 4 rings (SSSR count). The molecule has 1 aromatic carbocycles. The second-order valence-corrected chi connectivity index (χ2v) is 8.53. The van der Waals surface area contributed by atoms with Crippen LogP contribution in [0, 0.1) is 0 Å². The normalized spacial score (nSPS) is 12.1. The minimum absolute atomic E-state index is 0.0255. The summed E-state index contributed by atoms with van der Waals surface area (Å²) in [6.07, 6.45) is 8.63. The number of aromatic amines is 1. The van der Waals surface area contributed by atoms with Crippen molar-refractivity contribution in [3.63, 3.8) is 0 Å². The van der Waals surface area contributed by atoms with Gasteiger partial charge in [-0.15, -0.1) is 0 Å². The number of H-pyrrole nitrogens is 1. The van der Waals surface area contributed by atoms with Crippen LogP contribution in [0.4, 0.5) is 10.6 Å². The third-order valence-electron chi connectivity index (χ3n) is 4.62. The molecule has 0 aliphatic heterocycles. The van der Waals surface area contributed by atoms with Crippen LogP contribution >= 0.6 is 11.5 Å². The number of hydrogen-bond acceptors (Lipinski definition) is 7. The van der Waals surface area contributed by atoms with Gasteiger partial charge in [0.25, 0.3) is 5.91 Å². The molecular weight excluding hydrogens is 458 g/mol. The van der Waals surface area contributed by atoms with Crippen LogP contribution in [0.15, 0.2) is 36.5 Å². The fraction of sp³-hybridized carbons (Fsp3) is 0.348.